The van der Waals surface area contributed by atoms with Crippen molar-refractivity contribution in [2.24, 2.45) is 0 Å². The molecule has 0 atom stereocenters. The van der Waals surface area contributed by atoms with Gasteiger partial charge < -0.3 is 0 Å². The van der Waals surface area contributed by atoms with Crippen LogP contribution < -0.4 is 0 Å². The van der Waals surface area contributed by atoms with E-state index in [-0.39, 0.29) is 0 Å². The second-order valence-corrected chi connectivity index (χ2v) is 4.03. The summed E-state index contributed by atoms with van der Waals surface area (Å²) < 4.78 is 0. The van der Waals surface area contributed by atoms with Gasteiger partial charge in [0.2, 0.25) is 0 Å². The van der Waals surface area contributed by atoms with Gasteiger partial charge in [0.25, 0.3) is 0 Å². The fourth-order valence-corrected chi connectivity index (χ4v) is 1.63. The summed E-state index contributed by atoms with van der Waals surface area (Å²) in [5, 5.41) is 0. The van der Waals surface area contributed by atoms with Gasteiger partial charge >= 0.3 is 0 Å². The Labute approximate surface area is 96.5 Å². The third kappa shape index (κ3) is 13.5. The molecule has 87 valence electrons. The molecular weight excluding hydrogens is 180 g/mol. The van der Waals surface area contributed by atoms with Crippen LogP contribution in [0.25, 0.3) is 0 Å². The Balaban J connectivity index is 2.95. The van der Waals surface area contributed by atoms with Crippen molar-refractivity contribution in [3.05, 3.63) is 31.2 Å². The van der Waals surface area contributed by atoms with E-state index in [9.17, 15) is 0 Å². The Hall–Kier alpha value is -0.520. The monoisotopic (exact) mass is 207 g/mol. The summed E-state index contributed by atoms with van der Waals surface area (Å²) in [5.74, 6) is 0. The molecule has 0 aromatic heterocycles. The maximum Gasteiger partial charge on any atom is -0.0351 e. The van der Waals surface area contributed by atoms with Crippen molar-refractivity contribution in [1.82, 2.24) is 0 Å². The minimum atomic E-state index is 0.935. The number of hydrogen-bond acceptors (Lipinski definition) is 0. The molecule has 0 unspecified atom stereocenters. The quantitative estimate of drug-likeness (QED) is 0.329. The molecule has 0 aliphatic carbocycles. The first-order chi connectivity index (χ1) is 7.41. The summed E-state index contributed by atoms with van der Waals surface area (Å²) in [6.45, 7) is 5.87. The highest BCUT2D eigenvalue weighted by atomic mass is 14.0. The predicted molar refractivity (Wildman–Crippen MR) is 70.9 cm³/mol. The molecule has 0 nitrogen and oxygen atoms in total. The van der Waals surface area contributed by atoms with Gasteiger partial charge in [0.05, 0.1) is 0 Å². The zero-order valence-corrected chi connectivity index (χ0v) is 10.4. The first kappa shape index (κ1) is 14.5. The lowest BCUT2D eigenvalue weighted by Crippen LogP contribution is -1.79. The molecule has 0 N–H and O–H groups in total. The van der Waals surface area contributed by atoms with Crippen molar-refractivity contribution < 1.29 is 0 Å². The molecule has 0 amide bonds. The molecule has 0 bridgehead atoms. The van der Waals surface area contributed by atoms with Gasteiger partial charge in [-0.2, -0.15) is 0 Å². The predicted octanol–water partition coefficient (Wildman–Crippen LogP) is 5.46. The molecule has 15 heavy (non-hydrogen) atoms. The van der Waals surface area contributed by atoms with Crippen LogP contribution in [-0.4, -0.2) is 0 Å². The maximum atomic E-state index is 3.78. The summed E-state index contributed by atoms with van der Waals surface area (Å²) in [5.41, 5.74) is 0. The number of rotatable bonds is 10. The van der Waals surface area contributed by atoms with E-state index in [0.29, 0.717) is 0 Å². The van der Waals surface area contributed by atoms with Crippen LogP contribution in [-0.2, 0) is 0 Å². The second kappa shape index (κ2) is 13.5. The molecule has 0 heterocycles. The highest BCUT2D eigenvalue weighted by Gasteiger charge is 1.89. The van der Waals surface area contributed by atoms with Gasteiger partial charge in [0.1, 0.15) is 0 Å². The summed E-state index contributed by atoms with van der Waals surface area (Å²) in [6, 6.07) is 0. The molecule has 1 radical (unpaired) electrons. The van der Waals surface area contributed by atoms with Gasteiger partial charge in [-0.3, -0.25) is 0 Å². The largest absolute Gasteiger partial charge is 0.0917 e. The van der Waals surface area contributed by atoms with Crippen LogP contribution in [0.4, 0.5) is 0 Å². The van der Waals surface area contributed by atoms with Crippen molar-refractivity contribution in [3.8, 4) is 0 Å². The Morgan fingerprint density at radius 2 is 1.27 bits per heavy atom. The Kier molecular flexibility index (Phi) is 13.0. The average Bonchev–Trinajstić information content (AvgIpc) is 2.26. The van der Waals surface area contributed by atoms with Crippen molar-refractivity contribution in [3.63, 3.8) is 0 Å². The molecule has 0 aromatic rings. The van der Waals surface area contributed by atoms with Crippen molar-refractivity contribution >= 4 is 0 Å². The Morgan fingerprint density at radius 3 is 1.80 bits per heavy atom. The van der Waals surface area contributed by atoms with E-state index in [2.05, 4.69) is 38.2 Å². The normalized spacial score (nSPS) is 11.9. The van der Waals surface area contributed by atoms with E-state index in [4.69, 9.17) is 0 Å². The van der Waals surface area contributed by atoms with Gasteiger partial charge in [-0.05, 0) is 46.0 Å². The highest BCUT2D eigenvalue weighted by molar-refractivity contribution is 4.81. The standard InChI is InChI=1S/C15H27/c1-3-5-7-9-11-13-15-14-12-10-8-6-4-2/h4-7H,1,3,8-15H2,2H3. The first-order valence-corrected chi connectivity index (χ1v) is 6.47. The number of hydrogen-bond donors (Lipinski definition) is 0. The number of allylic oxidation sites excluding steroid dienone is 4. The van der Waals surface area contributed by atoms with E-state index in [1.54, 1.807) is 0 Å². The maximum absolute atomic E-state index is 3.78. The molecule has 0 aliphatic heterocycles. The van der Waals surface area contributed by atoms with Gasteiger partial charge in [0.15, 0.2) is 0 Å². The highest BCUT2D eigenvalue weighted by Crippen LogP contribution is 2.09. The minimum absolute atomic E-state index is 0.935. The van der Waals surface area contributed by atoms with Crippen molar-refractivity contribution in [1.29, 1.82) is 0 Å². The topological polar surface area (TPSA) is 0 Å². The lowest BCUT2D eigenvalue weighted by atomic mass is 10.1. The van der Waals surface area contributed by atoms with E-state index in [0.717, 1.165) is 6.42 Å². The average molecular weight is 207 g/mol. The lowest BCUT2D eigenvalue weighted by Gasteiger charge is -1.99. The first-order valence-electron chi connectivity index (χ1n) is 6.47. The SMILES string of the molecule is [CH2]CC=CCCCCCCCCC=CC. The van der Waals surface area contributed by atoms with E-state index in [1.807, 2.05) is 0 Å². The molecule has 0 rings (SSSR count). The zero-order chi connectivity index (χ0) is 11.2. The van der Waals surface area contributed by atoms with Crippen LogP contribution in [0, 0.1) is 6.92 Å². The third-order valence-electron chi connectivity index (χ3n) is 2.56. The molecule has 0 aliphatic rings. The van der Waals surface area contributed by atoms with Crippen LogP contribution in [0.3, 0.4) is 0 Å². The molecule has 0 aromatic carbocycles. The van der Waals surface area contributed by atoms with Gasteiger partial charge in [-0.25, -0.2) is 0 Å². The molecular formula is C15H27. The van der Waals surface area contributed by atoms with Crippen LogP contribution in [0.5, 0.6) is 0 Å². The van der Waals surface area contributed by atoms with Crippen LogP contribution in [0.2, 0.25) is 0 Å². The summed E-state index contributed by atoms with van der Waals surface area (Å²) in [4.78, 5) is 0. The summed E-state index contributed by atoms with van der Waals surface area (Å²) in [6.07, 6.45) is 20.6. The van der Waals surface area contributed by atoms with Crippen molar-refractivity contribution in [2.75, 3.05) is 0 Å². The fourth-order valence-electron chi connectivity index (χ4n) is 1.63. The molecule has 0 heteroatoms. The molecule has 0 saturated carbocycles. The van der Waals surface area contributed by atoms with E-state index >= 15 is 0 Å². The Bertz CT molecular complexity index is 153. The molecule has 0 saturated heterocycles. The second-order valence-electron chi connectivity index (χ2n) is 4.03. The number of unbranched alkanes of at least 4 members (excludes halogenated alkanes) is 7. The summed E-state index contributed by atoms with van der Waals surface area (Å²) >= 11 is 0. The molecule has 0 spiro atoms. The zero-order valence-electron chi connectivity index (χ0n) is 10.4. The molecule has 0 fully saturated rings. The summed E-state index contributed by atoms with van der Waals surface area (Å²) in [7, 11) is 0. The van der Waals surface area contributed by atoms with E-state index < -0.39 is 0 Å². The van der Waals surface area contributed by atoms with Gasteiger partial charge in [-0.15, -0.1) is 0 Å². The van der Waals surface area contributed by atoms with Gasteiger partial charge in [-0.1, -0.05) is 50.0 Å². The van der Waals surface area contributed by atoms with Gasteiger partial charge in [0, 0.05) is 0 Å². The van der Waals surface area contributed by atoms with Crippen LogP contribution in [0.1, 0.15) is 64.7 Å². The fraction of sp³-hybridized carbons (Fsp3) is 0.667. The third-order valence-corrected chi connectivity index (χ3v) is 2.56. The Morgan fingerprint density at radius 1 is 0.733 bits per heavy atom. The van der Waals surface area contributed by atoms with E-state index in [1.165, 1.54) is 51.4 Å². The van der Waals surface area contributed by atoms with Crippen LogP contribution >= 0.6 is 0 Å². The lowest BCUT2D eigenvalue weighted by molar-refractivity contribution is 0.600. The van der Waals surface area contributed by atoms with Crippen molar-refractivity contribution in [2.45, 2.75) is 64.7 Å². The minimum Gasteiger partial charge on any atom is -0.0917 e. The smallest absolute Gasteiger partial charge is 0.0351 e. The van der Waals surface area contributed by atoms with Crippen LogP contribution in [0.15, 0.2) is 24.3 Å².